The molecule has 0 aliphatic rings. The first kappa shape index (κ1) is 15.4. The summed E-state index contributed by atoms with van der Waals surface area (Å²) in [6, 6.07) is 6.79. The quantitative estimate of drug-likeness (QED) is 0.902. The van der Waals surface area contributed by atoms with Gasteiger partial charge in [-0.05, 0) is 36.6 Å². The predicted octanol–water partition coefficient (Wildman–Crippen LogP) is 4.12. The molecule has 6 heteroatoms. The second kappa shape index (κ2) is 6.64. The molecule has 0 aliphatic carbocycles. The third-order valence-electron chi connectivity index (χ3n) is 3.14. The van der Waals surface area contributed by atoms with E-state index in [1.54, 1.807) is 12.1 Å². The molecule has 1 aromatic carbocycles. The van der Waals surface area contributed by atoms with Crippen LogP contribution in [0.3, 0.4) is 0 Å². The summed E-state index contributed by atoms with van der Waals surface area (Å²) in [6.07, 6.45) is 1.39. The highest BCUT2D eigenvalue weighted by molar-refractivity contribution is 9.10. The first-order valence-electron chi connectivity index (χ1n) is 6.61. The zero-order chi connectivity index (χ0) is 15.4. The first-order chi connectivity index (χ1) is 10.1. The lowest BCUT2D eigenvalue weighted by Gasteiger charge is -2.12. The molecule has 1 heterocycles. The van der Waals surface area contributed by atoms with Gasteiger partial charge in [-0.2, -0.15) is 10.4 Å². The van der Waals surface area contributed by atoms with Crippen LogP contribution in [0.1, 0.15) is 30.7 Å². The average molecular weight is 349 g/mol. The highest BCUT2D eigenvalue weighted by atomic mass is 79.9. The minimum atomic E-state index is -0.423. The van der Waals surface area contributed by atoms with Crippen LogP contribution in [0, 0.1) is 17.1 Å². The van der Waals surface area contributed by atoms with Crippen LogP contribution in [-0.4, -0.2) is 10.2 Å². The van der Waals surface area contributed by atoms with Gasteiger partial charge in [0.1, 0.15) is 17.4 Å². The van der Waals surface area contributed by atoms with E-state index in [2.05, 4.69) is 37.5 Å². The van der Waals surface area contributed by atoms with Crippen molar-refractivity contribution in [3.05, 3.63) is 45.3 Å². The summed E-state index contributed by atoms with van der Waals surface area (Å²) >= 11 is 3.20. The van der Waals surface area contributed by atoms with E-state index in [0.717, 1.165) is 11.3 Å². The summed E-state index contributed by atoms with van der Waals surface area (Å²) in [6.45, 7) is 3.92. The smallest absolute Gasteiger partial charge is 0.171 e. The summed E-state index contributed by atoms with van der Waals surface area (Å²) in [5.41, 5.74) is 2.34. The Bertz CT molecular complexity index is 710. The van der Waals surface area contributed by atoms with E-state index in [0.29, 0.717) is 22.9 Å². The van der Waals surface area contributed by atoms with E-state index < -0.39 is 5.82 Å². The third kappa shape index (κ3) is 3.19. The Hall–Kier alpha value is -2.00. The number of halogens is 2. The number of aromatic nitrogens is 2. The van der Waals surface area contributed by atoms with Gasteiger partial charge in [0.15, 0.2) is 5.82 Å². The molecule has 1 N–H and O–H groups in total. The van der Waals surface area contributed by atoms with Gasteiger partial charge in [-0.25, -0.2) is 4.39 Å². The van der Waals surface area contributed by atoms with Crippen LogP contribution in [0.15, 0.2) is 22.7 Å². The Morgan fingerprint density at radius 1 is 1.29 bits per heavy atom. The molecule has 0 atom stereocenters. The number of nitrogens with zero attached hydrogens (tertiary/aromatic N) is 3. The maximum absolute atomic E-state index is 13.9. The summed E-state index contributed by atoms with van der Waals surface area (Å²) in [7, 11) is 0. The van der Waals surface area contributed by atoms with Crippen molar-refractivity contribution < 1.29 is 4.39 Å². The van der Waals surface area contributed by atoms with Crippen molar-refractivity contribution in [2.24, 2.45) is 0 Å². The van der Waals surface area contributed by atoms with E-state index in [9.17, 15) is 9.65 Å². The normalized spacial score (nSPS) is 10.2. The van der Waals surface area contributed by atoms with Gasteiger partial charge in [0.25, 0.3) is 0 Å². The number of nitriles is 1. The lowest BCUT2D eigenvalue weighted by Crippen LogP contribution is -2.08. The fraction of sp³-hybridized carbons (Fsp3) is 0.267. The van der Waals surface area contributed by atoms with E-state index in [1.165, 1.54) is 6.07 Å². The van der Waals surface area contributed by atoms with E-state index in [-0.39, 0.29) is 11.5 Å². The predicted molar refractivity (Wildman–Crippen MR) is 82.9 cm³/mol. The van der Waals surface area contributed by atoms with Crippen LogP contribution in [0.5, 0.6) is 0 Å². The molecule has 0 unspecified atom stereocenters. The molecule has 4 nitrogen and oxygen atoms in total. The van der Waals surface area contributed by atoms with E-state index in [4.69, 9.17) is 0 Å². The van der Waals surface area contributed by atoms with Crippen molar-refractivity contribution in [2.45, 2.75) is 26.7 Å². The maximum atomic E-state index is 13.9. The van der Waals surface area contributed by atoms with Gasteiger partial charge in [-0.1, -0.05) is 29.8 Å². The molecule has 0 amide bonds. The Kier molecular flexibility index (Phi) is 4.86. The highest BCUT2D eigenvalue weighted by Crippen LogP contribution is 2.26. The molecule has 1 aromatic heterocycles. The summed E-state index contributed by atoms with van der Waals surface area (Å²) < 4.78 is 14.5. The van der Waals surface area contributed by atoms with Crippen molar-refractivity contribution >= 4 is 27.4 Å². The van der Waals surface area contributed by atoms with Crippen molar-refractivity contribution in [1.82, 2.24) is 10.2 Å². The number of nitrogens with one attached hydrogen (secondary N) is 1. The lowest BCUT2D eigenvalue weighted by molar-refractivity contribution is 0.631. The van der Waals surface area contributed by atoms with Crippen LogP contribution in [0.4, 0.5) is 15.9 Å². The number of anilines is 2. The zero-order valence-electron chi connectivity index (χ0n) is 11.7. The molecule has 0 saturated carbocycles. The molecule has 0 saturated heterocycles. The SMILES string of the molecule is CCc1nnc(Nc2ccc(Br)cc2F)c(C#N)c1CC. The largest absolute Gasteiger partial charge is 0.335 e. The zero-order valence-corrected chi connectivity index (χ0v) is 13.3. The van der Waals surface area contributed by atoms with Crippen LogP contribution in [-0.2, 0) is 12.8 Å². The minimum absolute atomic E-state index is 0.260. The lowest BCUT2D eigenvalue weighted by atomic mass is 10.0. The molecule has 0 spiro atoms. The Morgan fingerprint density at radius 3 is 2.62 bits per heavy atom. The maximum Gasteiger partial charge on any atom is 0.171 e. The average Bonchev–Trinajstić information content (AvgIpc) is 2.49. The number of aryl methyl sites for hydroxylation is 1. The molecule has 2 aromatic rings. The second-order valence-electron chi connectivity index (χ2n) is 4.42. The number of benzene rings is 1. The van der Waals surface area contributed by atoms with Crippen molar-refractivity contribution in [2.75, 3.05) is 5.32 Å². The van der Waals surface area contributed by atoms with E-state index >= 15 is 0 Å². The summed E-state index contributed by atoms with van der Waals surface area (Å²) in [5.74, 6) is -0.138. The Labute approximate surface area is 131 Å². The standard InChI is InChI=1S/C15H14BrFN4/c1-3-10-11(8-18)15(21-20-13(10)4-2)19-14-6-5-9(16)7-12(14)17/h5-7H,3-4H2,1-2H3,(H,19,21). The van der Waals surface area contributed by atoms with Gasteiger partial charge < -0.3 is 5.32 Å². The van der Waals surface area contributed by atoms with Crippen molar-refractivity contribution in [3.63, 3.8) is 0 Å². The molecular weight excluding hydrogens is 335 g/mol. The summed E-state index contributed by atoms with van der Waals surface area (Å²) in [5, 5.41) is 20.4. The second-order valence-corrected chi connectivity index (χ2v) is 5.33. The van der Waals surface area contributed by atoms with Crippen molar-refractivity contribution in [1.29, 1.82) is 5.26 Å². The number of hydrogen-bond acceptors (Lipinski definition) is 4. The van der Waals surface area contributed by atoms with Crippen LogP contribution in [0.25, 0.3) is 0 Å². The van der Waals surface area contributed by atoms with Crippen molar-refractivity contribution in [3.8, 4) is 6.07 Å². The van der Waals surface area contributed by atoms with E-state index in [1.807, 2.05) is 13.8 Å². The van der Waals surface area contributed by atoms with Gasteiger partial charge in [0.05, 0.1) is 11.4 Å². The topological polar surface area (TPSA) is 61.6 Å². The van der Waals surface area contributed by atoms with Crippen LogP contribution >= 0.6 is 15.9 Å². The van der Waals surface area contributed by atoms with Gasteiger partial charge in [-0.15, -0.1) is 5.10 Å². The number of rotatable bonds is 4. The molecule has 0 fully saturated rings. The van der Waals surface area contributed by atoms with Gasteiger partial charge in [0, 0.05) is 4.47 Å². The van der Waals surface area contributed by atoms with Crippen LogP contribution < -0.4 is 5.32 Å². The number of hydrogen-bond donors (Lipinski definition) is 1. The van der Waals surface area contributed by atoms with Crippen LogP contribution in [0.2, 0.25) is 0 Å². The monoisotopic (exact) mass is 348 g/mol. The molecule has 0 aliphatic heterocycles. The Balaban J connectivity index is 2.47. The third-order valence-corrected chi connectivity index (χ3v) is 3.64. The molecule has 0 radical (unpaired) electrons. The fourth-order valence-electron chi connectivity index (χ4n) is 2.10. The van der Waals surface area contributed by atoms with Gasteiger partial charge in [0.2, 0.25) is 0 Å². The molecular formula is C15H14BrFN4. The Morgan fingerprint density at radius 2 is 2.05 bits per heavy atom. The van der Waals surface area contributed by atoms with Gasteiger partial charge in [-0.3, -0.25) is 0 Å². The van der Waals surface area contributed by atoms with Gasteiger partial charge >= 0.3 is 0 Å². The molecule has 108 valence electrons. The fourth-order valence-corrected chi connectivity index (χ4v) is 2.43. The highest BCUT2D eigenvalue weighted by Gasteiger charge is 2.15. The molecule has 0 bridgehead atoms. The molecule has 21 heavy (non-hydrogen) atoms. The minimum Gasteiger partial charge on any atom is -0.335 e. The first-order valence-corrected chi connectivity index (χ1v) is 7.40. The summed E-state index contributed by atoms with van der Waals surface area (Å²) in [4.78, 5) is 0. The molecule has 2 rings (SSSR count).